The molecule has 2 nitrogen and oxygen atoms in total. The average Bonchev–Trinajstić information content (AvgIpc) is 2.19. The average molecular weight is 355 g/mol. The highest BCUT2D eigenvalue weighted by Gasteiger charge is 2.02. The lowest BCUT2D eigenvalue weighted by atomic mass is 10.4. The Labute approximate surface area is 111 Å². The molecule has 5 heteroatoms. The first kappa shape index (κ1) is 13.3. The molecule has 84 valence electrons. The molecule has 15 heavy (non-hydrogen) atoms. The Morgan fingerprint density at radius 1 is 1.47 bits per heavy atom. The van der Waals surface area contributed by atoms with Crippen molar-refractivity contribution in [3.8, 4) is 0 Å². The summed E-state index contributed by atoms with van der Waals surface area (Å²) in [6, 6.07) is 1.78. The number of halogens is 2. The van der Waals surface area contributed by atoms with Gasteiger partial charge in [-0.3, -0.25) is 4.79 Å². The van der Waals surface area contributed by atoms with Gasteiger partial charge in [0.1, 0.15) is 0 Å². The summed E-state index contributed by atoms with van der Waals surface area (Å²) in [6.07, 6.45) is 2.87. The van der Waals surface area contributed by atoms with Crippen LogP contribution in [-0.4, -0.2) is 16.1 Å². The Morgan fingerprint density at radius 3 is 2.87 bits per heavy atom. The molecule has 0 fully saturated rings. The van der Waals surface area contributed by atoms with Gasteiger partial charge < -0.3 is 4.57 Å². The Morgan fingerprint density at radius 2 is 2.20 bits per heavy atom. The van der Waals surface area contributed by atoms with E-state index in [1.54, 1.807) is 10.6 Å². The molecule has 0 amide bonds. The zero-order valence-corrected chi connectivity index (χ0v) is 12.5. The smallest absolute Gasteiger partial charge is 0.264 e. The minimum absolute atomic E-state index is 0.0414. The predicted octanol–water partition coefficient (Wildman–Crippen LogP) is 3.52. The lowest BCUT2D eigenvalue weighted by molar-refractivity contribution is 0.654. The largest absolute Gasteiger partial charge is 0.313 e. The third-order valence-electron chi connectivity index (χ3n) is 1.90. The van der Waals surface area contributed by atoms with Crippen LogP contribution >= 0.6 is 43.6 Å². The number of aromatic nitrogens is 1. The molecule has 0 aliphatic carbocycles. The number of rotatable bonds is 5. The third-order valence-corrected chi connectivity index (χ3v) is 3.89. The van der Waals surface area contributed by atoms with Crippen LogP contribution in [0.1, 0.15) is 13.3 Å². The van der Waals surface area contributed by atoms with E-state index >= 15 is 0 Å². The van der Waals surface area contributed by atoms with Gasteiger partial charge in [0.25, 0.3) is 5.56 Å². The predicted molar refractivity (Wildman–Crippen MR) is 73.7 cm³/mol. The molecule has 0 aliphatic rings. The highest BCUT2D eigenvalue weighted by atomic mass is 79.9. The second kappa shape index (κ2) is 6.76. The normalized spacial score (nSPS) is 10.6. The van der Waals surface area contributed by atoms with Crippen LogP contribution in [0.3, 0.4) is 0 Å². The number of hydrogen-bond donors (Lipinski definition) is 0. The molecule has 0 aliphatic heterocycles. The van der Waals surface area contributed by atoms with Gasteiger partial charge in [-0.15, -0.1) is 0 Å². The SMILES string of the molecule is CCSCCCn1cc(Br)cc(Br)c1=O. The van der Waals surface area contributed by atoms with Crippen LogP contribution in [-0.2, 0) is 6.54 Å². The van der Waals surface area contributed by atoms with E-state index in [0.29, 0.717) is 4.47 Å². The fourth-order valence-electron chi connectivity index (χ4n) is 1.21. The maximum Gasteiger partial charge on any atom is 0.264 e. The van der Waals surface area contributed by atoms with Gasteiger partial charge in [0.15, 0.2) is 0 Å². The zero-order valence-electron chi connectivity index (χ0n) is 8.50. The molecule has 1 rings (SSSR count). The number of pyridine rings is 1. The molecule has 0 atom stereocenters. The van der Waals surface area contributed by atoms with Crippen LogP contribution in [0, 0.1) is 0 Å². The summed E-state index contributed by atoms with van der Waals surface area (Å²) in [4.78, 5) is 11.7. The van der Waals surface area contributed by atoms with Gasteiger partial charge in [-0.05, 0) is 55.9 Å². The molecule has 1 aromatic rings. The van der Waals surface area contributed by atoms with E-state index in [0.717, 1.165) is 28.9 Å². The Kier molecular flexibility index (Phi) is 6.00. The topological polar surface area (TPSA) is 22.0 Å². The van der Waals surface area contributed by atoms with Crippen molar-refractivity contribution in [2.45, 2.75) is 19.9 Å². The zero-order chi connectivity index (χ0) is 11.3. The van der Waals surface area contributed by atoms with Gasteiger partial charge in [0.05, 0.1) is 4.47 Å². The molecule has 0 unspecified atom stereocenters. The minimum Gasteiger partial charge on any atom is -0.313 e. The van der Waals surface area contributed by atoms with Gasteiger partial charge in [-0.2, -0.15) is 11.8 Å². The van der Waals surface area contributed by atoms with Gasteiger partial charge in [-0.25, -0.2) is 0 Å². The molecule has 0 aromatic carbocycles. The molecular weight excluding hydrogens is 342 g/mol. The molecule has 1 aromatic heterocycles. The van der Waals surface area contributed by atoms with E-state index in [-0.39, 0.29) is 5.56 Å². The highest BCUT2D eigenvalue weighted by Crippen LogP contribution is 2.13. The van der Waals surface area contributed by atoms with Crippen molar-refractivity contribution in [3.05, 3.63) is 31.6 Å². The van der Waals surface area contributed by atoms with E-state index in [4.69, 9.17) is 0 Å². The number of nitrogens with zero attached hydrogens (tertiary/aromatic N) is 1. The van der Waals surface area contributed by atoms with Crippen molar-refractivity contribution in [1.82, 2.24) is 4.57 Å². The van der Waals surface area contributed by atoms with Crippen molar-refractivity contribution in [3.63, 3.8) is 0 Å². The van der Waals surface area contributed by atoms with E-state index in [9.17, 15) is 4.79 Å². The molecule has 0 radical (unpaired) electrons. The number of thioether (sulfide) groups is 1. The third kappa shape index (κ3) is 4.33. The first-order valence-corrected chi connectivity index (χ1v) is 7.52. The van der Waals surface area contributed by atoms with E-state index in [1.165, 1.54) is 0 Å². The van der Waals surface area contributed by atoms with Crippen LogP contribution < -0.4 is 5.56 Å². The number of hydrogen-bond acceptors (Lipinski definition) is 2. The maximum atomic E-state index is 11.7. The summed E-state index contributed by atoms with van der Waals surface area (Å²) in [5.74, 6) is 2.24. The second-order valence-corrected chi connectivity index (χ2v) is 6.22. The second-order valence-electron chi connectivity index (χ2n) is 3.06. The summed E-state index contributed by atoms with van der Waals surface area (Å²) in [5, 5.41) is 0. The summed E-state index contributed by atoms with van der Waals surface area (Å²) < 4.78 is 3.28. The van der Waals surface area contributed by atoms with Crippen molar-refractivity contribution >= 4 is 43.6 Å². The van der Waals surface area contributed by atoms with Crippen LogP contribution in [0.25, 0.3) is 0 Å². The van der Waals surface area contributed by atoms with Crippen molar-refractivity contribution in [2.75, 3.05) is 11.5 Å². The fourth-order valence-corrected chi connectivity index (χ4v) is 3.09. The van der Waals surface area contributed by atoms with E-state index < -0.39 is 0 Å². The molecule has 0 saturated heterocycles. The summed E-state index contributed by atoms with van der Waals surface area (Å²) in [5.41, 5.74) is 0.0414. The number of aryl methyl sites for hydroxylation is 1. The lowest BCUT2D eigenvalue weighted by Gasteiger charge is -2.06. The van der Waals surface area contributed by atoms with Crippen molar-refractivity contribution in [2.24, 2.45) is 0 Å². The van der Waals surface area contributed by atoms with Crippen molar-refractivity contribution < 1.29 is 0 Å². The Balaban J connectivity index is 2.64. The molecular formula is C10H13Br2NOS. The van der Waals surface area contributed by atoms with Gasteiger partial charge in [0, 0.05) is 17.2 Å². The van der Waals surface area contributed by atoms with Crippen LogP contribution in [0.15, 0.2) is 26.0 Å². The lowest BCUT2D eigenvalue weighted by Crippen LogP contribution is -2.20. The van der Waals surface area contributed by atoms with Crippen LogP contribution in [0.4, 0.5) is 0 Å². The summed E-state index contributed by atoms with van der Waals surface area (Å²) in [6.45, 7) is 2.93. The summed E-state index contributed by atoms with van der Waals surface area (Å²) >= 11 is 8.53. The van der Waals surface area contributed by atoms with Crippen LogP contribution in [0.5, 0.6) is 0 Å². The quantitative estimate of drug-likeness (QED) is 0.755. The van der Waals surface area contributed by atoms with Gasteiger partial charge in [0.2, 0.25) is 0 Å². The Hall–Kier alpha value is 0.260. The maximum absolute atomic E-state index is 11.7. The van der Waals surface area contributed by atoms with Gasteiger partial charge in [-0.1, -0.05) is 6.92 Å². The van der Waals surface area contributed by atoms with E-state index in [1.807, 2.05) is 18.0 Å². The molecule has 0 saturated carbocycles. The van der Waals surface area contributed by atoms with Crippen molar-refractivity contribution in [1.29, 1.82) is 0 Å². The summed E-state index contributed by atoms with van der Waals surface area (Å²) in [7, 11) is 0. The fraction of sp³-hybridized carbons (Fsp3) is 0.500. The monoisotopic (exact) mass is 353 g/mol. The molecule has 0 N–H and O–H groups in total. The first-order chi connectivity index (χ1) is 7.15. The highest BCUT2D eigenvalue weighted by molar-refractivity contribution is 9.11. The standard InChI is InChI=1S/C10H13Br2NOS/c1-2-15-5-3-4-13-7-8(11)6-9(12)10(13)14/h6-7H,2-5H2,1H3. The van der Waals surface area contributed by atoms with Gasteiger partial charge >= 0.3 is 0 Å². The Bertz CT molecular complexity index is 378. The first-order valence-electron chi connectivity index (χ1n) is 4.78. The molecule has 0 bridgehead atoms. The molecule has 0 spiro atoms. The van der Waals surface area contributed by atoms with E-state index in [2.05, 4.69) is 38.8 Å². The minimum atomic E-state index is 0.0414. The molecule has 1 heterocycles. The van der Waals surface area contributed by atoms with Crippen LogP contribution in [0.2, 0.25) is 0 Å².